The second kappa shape index (κ2) is 4.21. The molecule has 0 aliphatic rings. The Hall–Kier alpha value is -0.900. The summed E-state index contributed by atoms with van der Waals surface area (Å²) in [7, 11) is 0. The van der Waals surface area contributed by atoms with Crippen molar-refractivity contribution in [2.45, 2.75) is 19.8 Å². The lowest BCUT2D eigenvalue weighted by Crippen LogP contribution is -2.03. The molecule has 0 saturated carbocycles. The number of rotatable bonds is 4. The molecule has 0 spiro atoms. The zero-order valence-electron chi connectivity index (χ0n) is 6.95. The molecule has 0 bridgehead atoms. The Morgan fingerprint density at radius 1 is 1.67 bits per heavy atom. The Morgan fingerprint density at radius 2 is 2.42 bits per heavy atom. The second-order valence-corrected chi connectivity index (χ2v) is 3.53. The van der Waals surface area contributed by atoms with E-state index in [1.807, 2.05) is 11.4 Å². The molecular formula is C8H11NO2S. The monoisotopic (exact) mass is 185 g/mol. The van der Waals surface area contributed by atoms with E-state index in [0.29, 0.717) is 6.42 Å². The lowest BCUT2D eigenvalue weighted by molar-refractivity contribution is -0.479. The van der Waals surface area contributed by atoms with Gasteiger partial charge in [0, 0.05) is 16.2 Å². The Balaban J connectivity index is 2.56. The van der Waals surface area contributed by atoms with Gasteiger partial charge in [0.2, 0.25) is 6.54 Å². The van der Waals surface area contributed by atoms with Gasteiger partial charge in [-0.15, -0.1) is 11.3 Å². The van der Waals surface area contributed by atoms with Gasteiger partial charge in [-0.05, 0) is 23.4 Å². The molecule has 0 atom stereocenters. The van der Waals surface area contributed by atoms with Gasteiger partial charge in [-0.25, -0.2) is 0 Å². The third kappa shape index (κ3) is 2.30. The molecule has 12 heavy (non-hydrogen) atoms. The molecular weight excluding hydrogens is 174 g/mol. The third-order valence-corrected chi connectivity index (χ3v) is 2.76. The van der Waals surface area contributed by atoms with Crippen molar-refractivity contribution in [1.29, 1.82) is 0 Å². The first-order valence-corrected chi connectivity index (χ1v) is 4.79. The van der Waals surface area contributed by atoms with E-state index < -0.39 is 0 Å². The van der Waals surface area contributed by atoms with Crippen molar-refractivity contribution in [3.8, 4) is 0 Å². The van der Waals surface area contributed by atoms with Gasteiger partial charge in [0.05, 0.1) is 0 Å². The van der Waals surface area contributed by atoms with Crippen molar-refractivity contribution >= 4 is 11.3 Å². The normalized spacial score (nSPS) is 10.1. The van der Waals surface area contributed by atoms with Crippen molar-refractivity contribution in [3.05, 3.63) is 32.0 Å². The van der Waals surface area contributed by atoms with Gasteiger partial charge in [-0.3, -0.25) is 10.1 Å². The van der Waals surface area contributed by atoms with E-state index in [9.17, 15) is 10.1 Å². The summed E-state index contributed by atoms with van der Waals surface area (Å²) in [6.07, 6.45) is 1.55. The Morgan fingerprint density at radius 3 is 3.00 bits per heavy atom. The number of hydrogen-bond acceptors (Lipinski definition) is 3. The summed E-state index contributed by atoms with van der Waals surface area (Å²) in [4.78, 5) is 11.0. The van der Waals surface area contributed by atoms with Gasteiger partial charge >= 0.3 is 0 Å². The minimum Gasteiger partial charge on any atom is -0.265 e. The maximum atomic E-state index is 10.1. The van der Waals surface area contributed by atoms with Crippen LogP contribution in [0.4, 0.5) is 0 Å². The molecule has 66 valence electrons. The maximum absolute atomic E-state index is 10.1. The van der Waals surface area contributed by atoms with E-state index in [1.54, 1.807) is 11.3 Å². The molecule has 0 saturated heterocycles. The van der Waals surface area contributed by atoms with Gasteiger partial charge in [-0.2, -0.15) is 0 Å². The quantitative estimate of drug-likeness (QED) is 0.532. The molecule has 1 aromatic rings. The average Bonchev–Trinajstić information content (AvgIpc) is 2.47. The molecule has 1 rings (SSSR count). The van der Waals surface area contributed by atoms with Crippen LogP contribution in [0.5, 0.6) is 0 Å². The van der Waals surface area contributed by atoms with Crippen LogP contribution < -0.4 is 0 Å². The second-order valence-electron chi connectivity index (χ2n) is 2.53. The first-order chi connectivity index (χ1) is 5.74. The van der Waals surface area contributed by atoms with Gasteiger partial charge in [0.1, 0.15) is 0 Å². The van der Waals surface area contributed by atoms with Gasteiger partial charge in [0.25, 0.3) is 0 Å². The van der Waals surface area contributed by atoms with Crippen LogP contribution in [-0.2, 0) is 12.8 Å². The molecule has 0 aliphatic carbocycles. The fourth-order valence-corrected chi connectivity index (χ4v) is 2.06. The SMILES string of the molecule is CCc1ccsc1CC[N+](=O)[O-]. The largest absolute Gasteiger partial charge is 0.265 e. The van der Waals surface area contributed by atoms with Crippen LogP contribution in [0, 0.1) is 10.1 Å². The summed E-state index contributed by atoms with van der Waals surface area (Å²) in [5.41, 5.74) is 1.25. The van der Waals surface area contributed by atoms with Crippen molar-refractivity contribution in [1.82, 2.24) is 0 Å². The van der Waals surface area contributed by atoms with E-state index in [1.165, 1.54) is 5.56 Å². The zero-order chi connectivity index (χ0) is 8.97. The van der Waals surface area contributed by atoms with Crippen LogP contribution in [0.25, 0.3) is 0 Å². The zero-order valence-corrected chi connectivity index (χ0v) is 7.76. The lowest BCUT2D eigenvalue weighted by Gasteiger charge is -1.96. The number of thiophene rings is 1. The van der Waals surface area contributed by atoms with Crippen molar-refractivity contribution in [2.24, 2.45) is 0 Å². The Bertz CT molecular complexity index is 270. The fraction of sp³-hybridized carbons (Fsp3) is 0.500. The highest BCUT2D eigenvalue weighted by Crippen LogP contribution is 2.17. The molecule has 0 fully saturated rings. The number of aryl methyl sites for hydroxylation is 1. The molecule has 0 N–H and O–H groups in total. The Kier molecular flexibility index (Phi) is 3.22. The number of hydrogen-bond donors (Lipinski definition) is 0. The maximum Gasteiger partial charge on any atom is 0.208 e. The summed E-state index contributed by atoms with van der Waals surface area (Å²) >= 11 is 1.61. The van der Waals surface area contributed by atoms with E-state index in [4.69, 9.17) is 0 Å². The molecule has 0 aromatic carbocycles. The minimum absolute atomic E-state index is 0.0491. The Labute approximate surface area is 75.2 Å². The average molecular weight is 185 g/mol. The van der Waals surface area contributed by atoms with Gasteiger partial charge < -0.3 is 0 Å². The summed E-state index contributed by atoms with van der Waals surface area (Å²) in [5.74, 6) is 0. The highest BCUT2D eigenvalue weighted by atomic mass is 32.1. The van der Waals surface area contributed by atoms with E-state index in [-0.39, 0.29) is 11.5 Å². The van der Waals surface area contributed by atoms with Crippen LogP contribution in [0.15, 0.2) is 11.4 Å². The predicted octanol–water partition coefficient (Wildman–Crippen LogP) is 2.13. The minimum atomic E-state index is -0.265. The van der Waals surface area contributed by atoms with Crippen LogP contribution in [0.2, 0.25) is 0 Å². The summed E-state index contributed by atoms with van der Waals surface area (Å²) in [6.45, 7) is 2.12. The van der Waals surface area contributed by atoms with Crippen molar-refractivity contribution in [3.63, 3.8) is 0 Å². The van der Waals surface area contributed by atoms with E-state index in [0.717, 1.165) is 11.3 Å². The van der Waals surface area contributed by atoms with E-state index >= 15 is 0 Å². The summed E-state index contributed by atoms with van der Waals surface area (Å²) < 4.78 is 0. The third-order valence-electron chi connectivity index (χ3n) is 1.74. The highest BCUT2D eigenvalue weighted by Gasteiger charge is 2.05. The van der Waals surface area contributed by atoms with Crippen LogP contribution in [0.1, 0.15) is 17.4 Å². The first-order valence-electron chi connectivity index (χ1n) is 3.91. The van der Waals surface area contributed by atoms with Crippen LogP contribution in [-0.4, -0.2) is 11.5 Å². The molecule has 3 nitrogen and oxygen atoms in total. The molecule has 0 amide bonds. The lowest BCUT2D eigenvalue weighted by atomic mass is 10.2. The van der Waals surface area contributed by atoms with Gasteiger partial charge in [-0.1, -0.05) is 6.92 Å². The first kappa shape index (κ1) is 9.19. The molecule has 0 unspecified atom stereocenters. The predicted molar refractivity (Wildman–Crippen MR) is 49.3 cm³/mol. The molecule has 0 radical (unpaired) electrons. The highest BCUT2D eigenvalue weighted by molar-refractivity contribution is 7.10. The number of nitro groups is 1. The van der Waals surface area contributed by atoms with Crippen molar-refractivity contribution < 1.29 is 4.92 Å². The molecule has 0 aliphatic heterocycles. The van der Waals surface area contributed by atoms with Crippen LogP contribution >= 0.6 is 11.3 Å². The smallest absolute Gasteiger partial charge is 0.208 e. The fourth-order valence-electron chi connectivity index (χ4n) is 1.09. The standard InChI is InChI=1S/C8H11NO2S/c1-2-7-4-6-12-8(7)3-5-9(10)11/h4,6H,2-3,5H2,1H3. The topological polar surface area (TPSA) is 43.1 Å². The molecule has 1 aromatic heterocycles. The van der Waals surface area contributed by atoms with E-state index in [2.05, 4.69) is 6.92 Å². The number of nitrogens with zero attached hydrogens (tertiary/aromatic N) is 1. The van der Waals surface area contributed by atoms with Crippen LogP contribution in [0.3, 0.4) is 0 Å². The summed E-state index contributed by atoms with van der Waals surface area (Å²) in [5, 5.41) is 12.1. The molecule has 1 heterocycles. The van der Waals surface area contributed by atoms with Gasteiger partial charge in [0.15, 0.2) is 0 Å². The molecule has 4 heteroatoms. The summed E-state index contributed by atoms with van der Waals surface area (Å²) in [6, 6.07) is 2.04. The van der Waals surface area contributed by atoms with Crippen molar-refractivity contribution in [2.75, 3.05) is 6.54 Å².